The Labute approximate surface area is 149 Å². The van der Waals surface area contributed by atoms with Crippen LogP contribution in [0, 0.1) is 0 Å². The number of amides is 1. The monoisotopic (exact) mass is 391 g/mol. The Bertz CT molecular complexity index is 718. The Morgan fingerprint density at radius 2 is 1.79 bits per heavy atom. The van der Waals surface area contributed by atoms with Crippen molar-refractivity contribution < 1.29 is 19.1 Å². The Morgan fingerprint density at radius 3 is 2.54 bits per heavy atom. The number of nitrogens with one attached hydrogen (secondary N) is 1. The molecule has 0 unspecified atom stereocenters. The summed E-state index contributed by atoms with van der Waals surface area (Å²) in [5.74, 6) is -0.399. The van der Waals surface area contributed by atoms with Crippen molar-refractivity contribution in [3.8, 4) is 5.75 Å². The van der Waals surface area contributed by atoms with Gasteiger partial charge in [-0.05, 0) is 25.1 Å². The number of ether oxygens (including phenoxy) is 2. The minimum Gasteiger partial charge on any atom is -0.493 e. The number of hydrogen-bond acceptors (Lipinski definition) is 4. The van der Waals surface area contributed by atoms with Gasteiger partial charge in [-0.25, -0.2) is 0 Å². The minimum atomic E-state index is -0.506. The predicted octanol–water partition coefficient (Wildman–Crippen LogP) is 3.32. The normalized spacial score (nSPS) is 10.1. The van der Waals surface area contributed by atoms with Gasteiger partial charge in [-0.3, -0.25) is 9.59 Å². The van der Waals surface area contributed by atoms with Crippen LogP contribution in [-0.4, -0.2) is 25.0 Å². The molecule has 0 spiro atoms. The fourth-order valence-corrected chi connectivity index (χ4v) is 2.41. The zero-order valence-electron chi connectivity index (χ0n) is 13.3. The van der Waals surface area contributed by atoms with Crippen molar-refractivity contribution in [2.45, 2.75) is 13.5 Å². The first-order chi connectivity index (χ1) is 11.6. The molecule has 2 aromatic rings. The maximum Gasteiger partial charge on any atom is 0.325 e. The number of benzene rings is 2. The average Bonchev–Trinajstić information content (AvgIpc) is 2.60. The largest absolute Gasteiger partial charge is 0.493 e. The fraction of sp³-hybridized carbons (Fsp3) is 0.222. The smallest absolute Gasteiger partial charge is 0.325 e. The number of rotatable bonds is 7. The number of hydrogen-bond donors (Lipinski definition) is 1. The molecule has 0 aliphatic rings. The molecule has 0 saturated carbocycles. The van der Waals surface area contributed by atoms with Crippen LogP contribution in [0.4, 0.5) is 0 Å². The van der Waals surface area contributed by atoms with Crippen molar-refractivity contribution in [2.75, 3.05) is 13.2 Å². The molecule has 0 aliphatic heterocycles. The second-order valence-electron chi connectivity index (χ2n) is 4.86. The second kappa shape index (κ2) is 9.08. The quantitative estimate of drug-likeness (QED) is 0.735. The van der Waals surface area contributed by atoms with E-state index in [4.69, 9.17) is 9.47 Å². The van der Waals surface area contributed by atoms with Gasteiger partial charge in [0.2, 0.25) is 0 Å². The molecule has 1 N–H and O–H groups in total. The van der Waals surface area contributed by atoms with Gasteiger partial charge in [-0.1, -0.05) is 46.3 Å². The highest BCUT2D eigenvalue weighted by Gasteiger charge is 2.13. The average molecular weight is 392 g/mol. The summed E-state index contributed by atoms with van der Waals surface area (Å²) < 4.78 is 11.4. The zero-order valence-corrected chi connectivity index (χ0v) is 14.8. The van der Waals surface area contributed by atoms with E-state index in [0.717, 1.165) is 10.0 Å². The SMILES string of the molecule is CCOc1ccccc1C(=O)NCC(=O)OCc1ccccc1Br. The van der Waals surface area contributed by atoms with Crippen molar-refractivity contribution in [3.63, 3.8) is 0 Å². The first-order valence-corrected chi connectivity index (χ1v) is 8.30. The topological polar surface area (TPSA) is 64.6 Å². The molecule has 2 aromatic carbocycles. The lowest BCUT2D eigenvalue weighted by atomic mass is 10.2. The van der Waals surface area contributed by atoms with Crippen molar-refractivity contribution in [3.05, 3.63) is 64.1 Å². The van der Waals surface area contributed by atoms with Crippen molar-refractivity contribution >= 4 is 27.8 Å². The summed E-state index contributed by atoms with van der Waals surface area (Å²) >= 11 is 3.39. The van der Waals surface area contributed by atoms with Gasteiger partial charge in [0.05, 0.1) is 12.2 Å². The summed E-state index contributed by atoms with van der Waals surface area (Å²) in [4.78, 5) is 24.0. The molecule has 6 heteroatoms. The number of carbonyl (C=O) groups is 2. The van der Waals surface area contributed by atoms with E-state index in [9.17, 15) is 9.59 Å². The van der Waals surface area contributed by atoms with E-state index >= 15 is 0 Å². The molecule has 0 radical (unpaired) electrons. The molecular formula is C18H18BrNO4. The van der Waals surface area contributed by atoms with Crippen LogP contribution >= 0.6 is 15.9 Å². The molecule has 0 heterocycles. The summed E-state index contributed by atoms with van der Waals surface area (Å²) in [5.41, 5.74) is 1.25. The molecule has 1 amide bonds. The van der Waals surface area contributed by atoms with Gasteiger partial charge < -0.3 is 14.8 Å². The van der Waals surface area contributed by atoms with Gasteiger partial charge in [0, 0.05) is 10.0 Å². The van der Waals surface area contributed by atoms with Crippen LogP contribution < -0.4 is 10.1 Å². The lowest BCUT2D eigenvalue weighted by Crippen LogP contribution is -2.30. The van der Waals surface area contributed by atoms with Crippen LogP contribution in [-0.2, 0) is 16.1 Å². The van der Waals surface area contributed by atoms with Crippen LogP contribution in [0.25, 0.3) is 0 Å². The molecule has 0 fully saturated rings. The molecular weight excluding hydrogens is 374 g/mol. The van der Waals surface area contributed by atoms with Crippen LogP contribution in [0.1, 0.15) is 22.8 Å². The molecule has 0 aliphatic carbocycles. The van der Waals surface area contributed by atoms with E-state index in [1.807, 2.05) is 31.2 Å². The third-order valence-corrected chi connectivity index (χ3v) is 3.94. The lowest BCUT2D eigenvalue weighted by Gasteiger charge is -2.10. The molecule has 5 nitrogen and oxygen atoms in total. The first kappa shape index (κ1) is 18.0. The Kier molecular flexibility index (Phi) is 6.81. The summed E-state index contributed by atoms with van der Waals surface area (Å²) in [7, 11) is 0. The fourth-order valence-electron chi connectivity index (χ4n) is 2.01. The molecule has 126 valence electrons. The van der Waals surface area contributed by atoms with E-state index in [-0.39, 0.29) is 19.1 Å². The second-order valence-corrected chi connectivity index (χ2v) is 5.72. The number of para-hydroxylation sites is 1. The van der Waals surface area contributed by atoms with E-state index in [2.05, 4.69) is 21.2 Å². The molecule has 0 saturated heterocycles. The lowest BCUT2D eigenvalue weighted by molar-refractivity contribution is -0.143. The van der Waals surface area contributed by atoms with Crippen molar-refractivity contribution in [1.29, 1.82) is 0 Å². The maximum absolute atomic E-state index is 12.2. The molecule has 24 heavy (non-hydrogen) atoms. The number of carbonyl (C=O) groups excluding carboxylic acids is 2. The van der Waals surface area contributed by atoms with Crippen molar-refractivity contribution in [1.82, 2.24) is 5.32 Å². The van der Waals surface area contributed by atoms with Crippen LogP contribution in [0.3, 0.4) is 0 Å². The zero-order chi connectivity index (χ0) is 17.4. The highest BCUT2D eigenvalue weighted by Crippen LogP contribution is 2.18. The molecule has 0 atom stereocenters. The predicted molar refractivity (Wildman–Crippen MR) is 93.9 cm³/mol. The standard InChI is InChI=1S/C18H18BrNO4/c1-2-23-16-10-6-4-8-14(16)18(22)20-11-17(21)24-12-13-7-3-5-9-15(13)19/h3-10H,2,11-12H2,1H3,(H,20,22). The van der Waals surface area contributed by atoms with Crippen LogP contribution in [0.15, 0.2) is 53.0 Å². The number of halogens is 1. The molecule has 2 rings (SSSR count). The van der Waals surface area contributed by atoms with Crippen LogP contribution in [0.5, 0.6) is 5.75 Å². The summed E-state index contributed by atoms with van der Waals surface area (Å²) in [6.07, 6.45) is 0. The van der Waals surface area contributed by atoms with Gasteiger partial charge in [0.1, 0.15) is 18.9 Å². The summed E-state index contributed by atoms with van der Waals surface area (Å²) in [6.45, 7) is 2.24. The van der Waals surface area contributed by atoms with E-state index in [1.165, 1.54) is 0 Å². The van der Waals surface area contributed by atoms with Gasteiger partial charge in [0.25, 0.3) is 5.91 Å². The van der Waals surface area contributed by atoms with Gasteiger partial charge >= 0.3 is 5.97 Å². The van der Waals surface area contributed by atoms with Gasteiger partial charge in [-0.2, -0.15) is 0 Å². The maximum atomic E-state index is 12.2. The van der Waals surface area contributed by atoms with E-state index in [1.54, 1.807) is 24.3 Å². The Morgan fingerprint density at radius 1 is 1.08 bits per heavy atom. The van der Waals surface area contributed by atoms with E-state index in [0.29, 0.717) is 17.9 Å². The third kappa shape index (κ3) is 5.09. The number of esters is 1. The Hall–Kier alpha value is -2.34. The summed E-state index contributed by atoms with van der Waals surface area (Å²) in [5, 5.41) is 2.54. The Balaban J connectivity index is 1.85. The summed E-state index contributed by atoms with van der Waals surface area (Å²) in [6, 6.07) is 14.3. The minimum absolute atomic E-state index is 0.145. The highest BCUT2D eigenvalue weighted by atomic mass is 79.9. The third-order valence-electron chi connectivity index (χ3n) is 3.17. The molecule has 0 bridgehead atoms. The molecule has 0 aromatic heterocycles. The van der Waals surface area contributed by atoms with Gasteiger partial charge in [-0.15, -0.1) is 0 Å². The van der Waals surface area contributed by atoms with Gasteiger partial charge in [0.15, 0.2) is 0 Å². The van der Waals surface area contributed by atoms with Crippen molar-refractivity contribution in [2.24, 2.45) is 0 Å². The first-order valence-electron chi connectivity index (χ1n) is 7.51. The van der Waals surface area contributed by atoms with Crippen LogP contribution in [0.2, 0.25) is 0 Å². The highest BCUT2D eigenvalue weighted by molar-refractivity contribution is 9.10. The van der Waals surface area contributed by atoms with E-state index < -0.39 is 5.97 Å².